The van der Waals surface area contributed by atoms with Crippen molar-refractivity contribution in [1.29, 1.82) is 0 Å². The number of sulfonamides is 1. The molecule has 178 valence electrons. The number of fused-ring (bicyclic) bond motifs is 1. The Morgan fingerprint density at radius 3 is 2.36 bits per heavy atom. The van der Waals surface area contributed by atoms with E-state index in [1.165, 1.54) is 31.0 Å². The van der Waals surface area contributed by atoms with Gasteiger partial charge in [-0.05, 0) is 31.2 Å². The van der Waals surface area contributed by atoms with Crippen LogP contribution >= 0.6 is 23.2 Å². The van der Waals surface area contributed by atoms with Crippen LogP contribution in [0.4, 0.5) is 5.69 Å². The lowest BCUT2D eigenvalue weighted by Crippen LogP contribution is -2.50. The third-order valence-electron chi connectivity index (χ3n) is 5.13. The van der Waals surface area contributed by atoms with Gasteiger partial charge in [0.05, 0.1) is 11.9 Å². The van der Waals surface area contributed by atoms with Crippen molar-refractivity contribution in [3.63, 3.8) is 0 Å². The fourth-order valence-electron chi connectivity index (χ4n) is 3.30. The fraction of sp³-hybridized carbons (Fsp3) is 0.333. The lowest BCUT2D eigenvalue weighted by Gasteiger charge is -2.31. The summed E-state index contributed by atoms with van der Waals surface area (Å²) in [5.74, 6) is -0.209. The molecule has 1 atom stereocenters. The summed E-state index contributed by atoms with van der Waals surface area (Å²) in [4.78, 5) is 27.0. The van der Waals surface area contributed by atoms with E-state index in [1.807, 2.05) is 0 Å². The minimum atomic E-state index is -3.87. The predicted molar refractivity (Wildman–Crippen MR) is 125 cm³/mol. The zero-order valence-electron chi connectivity index (χ0n) is 18.2. The molecule has 0 radical (unpaired) electrons. The number of halogens is 2. The number of hydrogen-bond acceptors (Lipinski definition) is 6. The Morgan fingerprint density at radius 1 is 1.12 bits per heavy atom. The molecule has 12 heteroatoms. The van der Waals surface area contributed by atoms with E-state index in [0.29, 0.717) is 27.1 Å². The summed E-state index contributed by atoms with van der Waals surface area (Å²) < 4.78 is 36.7. The molecule has 0 fully saturated rings. The number of nitrogens with zero attached hydrogens (tertiary/aromatic N) is 2. The summed E-state index contributed by atoms with van der Waals surface area (Å²) >= 11 is 12.5. The van der Waals surface area contributed by atoms with Crippen LogP contribution in [0.25, 0.3) is 0 Å². The van der Waals surface area contributed by atoms with Gasteiger partial charge in [-0.15, -0.1) is 0 Å². The highest BCUT2D eigenvalue weighted by Crippen LogP contribution is 2.36. The van der Waals surface area contributed by atoms with Gasteiger partial charge in [-0.1, -0.05) is 29.3 Å². The normalized spacial score (nSPS) is 13.4. The topological polar surface area (TPSA) is 105 Å². The van der Waals surface area contributed by atoms with Gasteiger partial charge in [-0.3, -0.25) is 13.9 Å². The summed E-state index contributed by atoms with van der Waals surface area (Å²) in [6, 6.07) is 8.53. The minimum absolute atomic E-state index is 0.0204. The van der Waals surface area contributed by atoms with Gasteiger partial charge in [0.2, 0.25) is 28.6 Å². The van der Waals surface area contributed by atoms with Gasteiger partial charge in [0, 0.05) is 35.3 Å². The number of carbonyl (C=O) groups excluding carboxylic acids is 2. The molecule has 3 rings (SSSR count). The molecule has 1 N–H and O–H groups in total. The Balaban J connectivity index is 1.95. The Morgan fingerprint density at radius 2 is 1.76 bits per heavy atom. The molecule has 0 spiro atoms. The molecular weight excluding hydrogens is 493 g/mol. The summed E-state index contributed by atoms with van der Waals surface area (Å²) in [7, 11) is -2.42. The molecule has 2 aromatic rings. The maximum Gasteiger partial charge on any atom is 0.244 e. The fourth-order valence-corrected chi connectivity index (χ4v) is 4.66. The van der Waals surface area contributed by atoms with Crippen LogP contribution in [-0.2, 0) is 26.2 Å². The number of likely N-dealkylation sites (N-methyl/N-ethyl adjacent to an activating group) is 1. The molecule has 1 aliphatic rings. The summed E-state index contributed by atoms with van der Waals surface area (Å²) in [6.45, 7) is 0.909. The zero-order chi connectivity index (χ0) is 24.3. The second-order valence-corrected chi connectivity index (χ2v) is 10.0. The first kappa shape index (κ1) is 24.9. The smallest absolute Gasteiger partial charge is 0.244 e. The van der Waals surface area contributed by atoms with E-state index in [4.69, 9.17) is 32.7 Å². The van der Waals surface area contributed by atoms with Crippen molar-refractivity contribution in [2.45, 2.75) is 19.5 Å². The maximum atomic E-state index is 13.4. The Hall–Kier alpha value is -2.69. The number of rotatable bonds is 8. The average molecular weight is 516 g/mol. The van der Waals surface area contributed by atoms with E-state index < -0.39 is 34.4 Å². The van der Waals surface area contributed by atoms with Gasteiger partial charge in [0.1, 0.15) is 12.6 Å². The van der Waals surface area contributed by atoms with Crippen LogP contribution < -0.4 is 19.1 Å². The summed E-state index contributed by atoms with van der Waals surface area (Å²) in [5.41, 5.74) is 0.664. The molecular formula is C21H23Cl2N3O6S. The highest BCUT2D eigenvalue weighted by Gasteiger charge is 2.31. The van der Waals surface area contributed by atoms with Crippen LogP contribution in [0.1, 0.15) is 12.5 Å². The highest BCUT2D eigenvalue weighted by atomic mass is 35.5. The highest BCUT2D eigenvalue weighted by molar-refractivity contribution is 7.92. The Labute approximate surface area is 202 Å². The molecule has 9 nitrogen and oxygen atoms in total. The van der Waals surface area contributed by atoms with E-state index in [1.54, 1.807) is 24.3 Å². The van der Waals surface area contributed by atoms with Crippen LogP contribution in [0, 0.1) is 0 Å². The number of anilines is 1. The van der Waals surface area contributed by atoms with Gasteiger partial charge < -0.3 is 19.7 Å². The first-order valence-corrected chi connectivity index (χ1v) is 12.4. The first-order valence-electron chi connectivity index (χ1n) is 9.84. The lowest BCUT2D eigenvalue weighted by atomic mass is 10.1. The first-order chi connectivity index (χ1) is 15.5. The second-order valence-electron chi connectivity index (χ2n) is 7.32. The van der Waals surface area contributed by atoms with Crippen LogP contribution in [0.3, 0.4) is 0 Å². The van der Waals surface area contributed by atoms with Crippen molar-refractivity contribution >= 4 is 50.7 Å². The van der Waals surface area contributed by atoms with Crippen molar-refractivity contribution in [2.75, 3.05) is 30.9 Å². The van der Waals surface area contributed by atoms with Crippen LogP contribution in [0.5, 0.6) is 11.5 Å². The molecule has 0 saturated heterocycles. The van der Waals surface area contributed by atoms with Crippen LogP contribution in [-0.4, -0.2) is 57.8 Å². The number of hydrogen-bond donors (Lipinski definition) is 1. The standard InChI is InChI=1S/C21H23Cl2N3O6S/c1-13(21(28)24-2)25(10-15-16(22)5-4-6-17(15)23)20(27)11-26(33(3,29)30)14-7-8-18-19(9-14)32-12-31-18/h4-9,13H,10-12H2,1-3H3,(H,24,28)/t13-/m0/s1. The van der Waals surface area contributed by atoms with Gasteiger partial charge in [-0.2, -0.15) is 0 Å². The van der Waals surface area contributed by atoms with Gasteiger partial charge in [-0.25, -0.2) is 8.42 Å². The third-order valence-corrected chi connectivity index (χ3v) is 6.98. The van der Waals surface area contributed by atoms with Crippen molar-refractivity contribution in [3.8, 4) is 11.5 Å². The molecule has 1 heterocycles. The number of nitrogens with one attached hydrogen (secondary N) is 1. The molecule has 0 unspecified atom stereocenters. The second kappa shape index (κ2) is 10.1. The summed E-state index contributed by atoms with van der Waals surface area (Å²) in [5, 5.41) is 3.14. The van der Waals surface area contributed by atoms with E-state index in [-0.39, 0.29) is 19.0 Å². The molecule has 1 aliphatic heterocycles. The zero-order valence-corrected chi connectivity index (χ0v) is 20.5. The van der Waals surface area contributed by atoms with Crippen molar-refractivity contribution in [1.82, 2.24) is 10.2 Å². The van der Waals surface area contributed by atoms with E-state index in [2.05, 4.69) is 5.32 Å². The summed E-state index contributed by atoms with van der Waals surface area (Å²) in [6.07, 6.45) is 0.988. The number of benzene rings is 2. The van der Waals surface area contributed by atoms with E-state index in [0.717, 1.165) is 10.6 Å². The molecule has 2 aromatic carbocycles. The average Bonchev–Trinajstić information content (AvgIpc) is 3.23. The van der Waals surface area contributed by atoms with Crippen molar-refractivity contribution in [2.24, 2.45) is 0 Å². The molecule has 2 amide bonds. The van der Waals surface area contributed by atoms with Crippen molar-refractivity contribution < 1.29 is 27.5 Å². The Bertz CT molecular complexity index is 1150. The molecule has 33 heavy (non-hydrogen) atoms. The minimum Gasteiger partial charge on any atom is -0.454 e. The number of amides is 2. The molecule has 0 aliphatic carbocycles. The van der Waals surface area contributed by atoms with Gasteiger partial charge in [0.25, 0.3) is 0 Å². The molecule has 0 saturated carbocycles. The van der Waals surface area contributed by atoms with E-state index >= 15 is 0 Å². The Kier molecular flexibility index (Phi) is 7.61. The van der Waals surface area contributed by atoms with E-state index in [9.17, 15) is 18.0 Å². The monoisotopic (exact) mass is 515 g/mol. The SMILES string of the molecule is CNC(=O)[C@H](C)N(Cc1c(Cl)cccc1Cl)C(=O)CN(c1ccc2c(c1)OCO2)S(C)(=O)=O. The number of ether oxygens (including phenoxy) is 2. The third kappa shape index (κ3) is 5.63. The number of carbonyl (C=O) groups is 2. The van der Waals surface area contributed by atoms with Crippen LogP contribution in [0.15, 0.2) is 36.4 Å². The largest absolute Gasteiger partial charge is 0.454 e. The molecule has 0 bridgehead atoms. The quantitative estimate of drug-likeness (QED) is 0.579. The van der Waals surface area contributed by atoms with Crippen LogP contribution in [0.2, 0.25) is 10.0 Å². The van der Waals surface area contributed by atoms with Crippen molar-refractivity contribution in [3.05, 3.63) is 52.0 Å². The lowest BCUT2D eigenvalue weighted by molar-refractivity contribution is -0.139. The predicted octanol–water partition coefficient (Wildman–Crippen LogP) is 2.65. The molecule has 0 aromatic heterocycles. The van der Waals surface area contributed by atoms with Gasteiger partial charge >= 0.3 is 0 Å². The maximum absolute atomic E-state index is 13.4. The van der Waals surface area contributed by atoms with Gasteiger partial charge in [0.15, 0.2) is 11.5 Å².